The minimum Gasteiger partial charge on any atom is -0.295 e. The average Bonchev–Trinajstić information content (AvgIpc) is 2.28. The van der Waals surface area contributed by atoms with E-state index in [0.717, 1.165) is 6.42 Å². The van der Waals surface area contributed by atoms with E-state index in [-0.39, 0.29) is 12.2 Å². The van der Waals surface area contributed by atoms with Crippen LogP contribution in [0.5, 0.6) is 0 Å². The number of carbonyl (C=O) groups is 1. The van der Waals surface area contributed by atoms with Gasteiger partial charge in [-0.15, -0.1) is 0 Å². The van der Waals surface area contributed by atoms with Crippen molar-refractivity contribution in [1.29, 1.82) is 0 Å². The summed E-state index contributed by atoms with van der Waals surface area (Å²) in [6, 6.07) is 6.62. The normalized spacial score (nSPS) is 23.4. The van der Waals surface area contributed by atoms with E-state index in [0.29, 0.717) is 24.0 Å². The third-order valence-corrected chi connectivity index (χ3v) is 3.48. The Labute approximate surface area is 99.8 Å². The van der Waals surface area contributed by atoms with Gasteiger partial charge in [-0.1, -0.05) is 30.7 Å². The molecule has 0 amide bonds. The van der Waals surface area contributed by atoms with E-state index in [9.17, 15) is 13.6 Å². The van der Waals surface area contributed by atoms with Crippen LogP contribution in [0, 0.1) is 0 Å². The maximum Gasteiger partial charge on any atom is 0.254 e. The smallest absolute Gasteiger partial charge is 0.254 e. The summed E-state index contributed by atoms with van der Waals surface area (Å²) in [4.78, 5) is 11.1. The highest BCUT2D eigenvalue weighted by Gasteiger charge is 2.41. The quantitative estimate of drug-likeness (QED) is 0.706. The van der Waals surface area contributed by atoms with E-state index in [1.54, 1.807) is 24.3 Å². The first-order valence-corrected chi connectivity index (χ1v) is 5.99. The van der Waals surface area contributed by atoms with Crippen LogP contribution in [-0.2, 0) is 0 Å². The molecule has 1 aromatic rings. The SMILES string of the molecule is CC(=O)c1ccc(C2CCCCC2(F)F)cc1. The van der Waals surface area contributed by atoms with Gasteiger partial charge in [0.25, 0.3) is 5.92 Å². The van der Waals surface area contributed by atoms with Crippen LogP contribution < -0.4 is 0 Å². The molecule has 17 heavy (non-hydrogen) atoms. The van der Waals surface area contributed by atoms with Crippen LogP contribution >= 0.6 is 0 Å². The number of alkyl halides is 2. The molecule has 3 heteroatoms. The summed E-state index contributed by atoms with van der Waals surface area (Å²) < 4.78 is 27.5. The number of rotatable bonds is 2. The second-order valence-electron chi connectivity index (χ2n) is 4.74. The number of benzene rings is 1. The predicted octanol–water partition coefficient (Wildman–Crippen LogP) is 4.18. The summed E-state index contributed by atoms with van der Waals surface area (Å²) in [6.45, 7) is 1.48. The summed E-state index contributed by atoms with van der Waals surface area (Å²) in [5, 5.41) is 0. The van der Waals surface area contributed by atoms with E-state index in [2.05, 4.69) is 0 Å². The van der Waals surface area contributed by atoms with Crippen molar-refractivity contribution in [3.8, 4) is 0 Å². The van der Waals surface area contributed by atoms with Gasteiger partial charge >= 0.3 is 0 Å². The van der Waals surface area contributed by atoms with E-state index in [1.165, 1.54) is 6.92 Å². The molecule has 1 unspecified atom stereocenters. The van der Waals surface area contributed by atoms with E-state index in [1.807, 2.05) is 0 Å². The molecule has 2 rings (SSSR count). The Kier molecular flexibility index (Phi) is 3.27. The Morgan fingerprint density at radius 1 is 1.24 bits per heavy atom. The minimum absolute atomic E-state index is 0.0217. The van der Waals surface area contributed by atoms with Crippen molar-refractivity contribution >= 4 is 5.78 Å². The molecule has 1 fully saturated rings. The Bertz CT molecular complexity index is 409. The molecule has 0 heterocycles. The first kappa shape index (κ1) is 12.2. The predicted molar refractivity (Wildman–Crippen MR) is 62.6 cm³/mol. The van der Waals surface area contributed by atoms with Crippen LogP contribution in [-0.4, -0.2) is 11.7 Å². The topological polar surface area (TPSA) is 17.1 Å². The van der Waals surface area contributed by atoms with Crippen LogP contribution in [0.3, 0.4) is 0 Å². The Balaban J connectivity index is 2.24. The van der Waals surface area contributed by atoms with Crippen molar-refractivity contribution in [3.05, 3.63) is 35.4 Å². The monoisotopic (exact) mass is 238 g/mol. The molecule has 1 saturated carbocycles. The van der Waals surface area contributed by atoms with Gasteiger partial charge in [0.2, 0.25) is 0 Å². The van der Waals surface area contributed by atoms with Gasteiger partial charge in [-0.2, -0.15) is 0 Å². The Hall–Kier alpha value is -1.25. The molecular weight excluding hydrogens is 222 g/mol. The van der Waals surface area contributed by atoms with Crippen LogP contribution in [0.2, 0.25) is 0 Å². The number of hydrogen-bond donors (Lipinski definition) is 0. The highest BCUT2D eigenvalue weighted by atomic mass is 19.3. The van der Waals surface area contributed by atoms with Gasteiger partial charge in [0.15, 0.2) is 5.78 Å². The first-order valence-electron chi connectivity index (χ1n) is 5.99. The first-order chi connectivity index (χ1) is 8.00. The number of Topliss-reactive ketones (excluding diaryl/α,β-unsaturated/α-hetero) is 1. The van der Waals surface area contributed by atoms with E-state index in [4.69, 9.17) is 0 Å². The lowest BCUT2D eigenvalue weighted by Gasteiger charge is -2.31. The zero-order valence-electron chi connectivity index (χ0n) is 9.88. The molecule has 0 N–H and O–H groups in total. The zero-order chi connectivity index (χ0) is 12.5. The van der Waals surface area contributed by atoms with Crippen molar-refractivity contribution in [2.45, 2.75) is 44.4 Å². The minimum atomic E-state index is -2.60. The van der Waals surface area contributed by atoms with Crippen molar-refractivity contribution in [2.75, 3.05) is 0 Å². The summed E-state index contributed by atoms with van der Waals surface area (Å²) in [6.07, 6.45) is 1.97. The third-order valence-electron chi connectivity index (χ3n) is 3.48. The fourth-order valence-electron chi connectivity index (χ4n) is 2.46. The molecule has 1 nitrogen and oxygen atoms in total. The highest BCUT2D eigenvalue weighted by molar-refractivity contribution is 5.94. The Morgan fingerprint density at radius 2 is 1.88 bits per heavy atom. The molecule has 0 aliphatic heterocycles. The molecule has 1 aliphatic carbocycles. The number of carbonyl (C=O) groups excluding carboxylic acids is 1. The summed E-state index contributed by atoms with van der Waals surface area (Å²) in [7, 11) is 0. The van der Waals surface area contributed by atoms with Gasteiger partial charge in [-0.3, -0.25) is 4.79 Å². The number of hydrogen-bond acceptors (Lipinski definition) is 1. The van der Waals surface area contributed by atoms with Crippen molar-refractivity contribution in [2.24, 2.45) is 0 Å². The van der Waals surface area contributed by atoms with Gasteiger partial charge < -0.3 is 0 Å². The van der Waals surface area contributed by atoms with Gasteiger partial charge in [-0.25, -0.2) is 8.78 Å². The molecule has 0 radical (unpaired) electrons. The third kappa shape index (κ3) is 2.54. The molecule has 1 aromatic carbocycles. The van der Waals surface area contributed by atoms with Crippen molar-refractivity contribution < 1.29 is 13.6 Å². The number of ketones is 1. The molecule has 0 bridgehead atoms. The maximum absolute atomic E-state index is 13.7. The van der Waals surface area contributed by atoms with Crippen LogP contribution in [0.1, 0.15) is 54.4 Å². The highest BCUT2D eigenvalue weighted by Crippen LogP contribution is 2.44. The zero-order valence-corrected chi connectivity index (χ0v) is 9.88. The number of halogens is 2. The molecule has 0 aromatic heterocycles. The van der Waals surface area contributed by atoms with Gasteiger partial charge in [0.05, 0.1) is 0 Å². The van der Waals surface area contributed by atoms with Gasteiger partial charge in [0, 0.05) is 17.9 Å². The van der Waals surface area contributed by atoms with E-state index < -0.39 is 11.8 Å². The summed E-state index contributed by atoms with van der Waals surface area (Å²) in [5.74, 6) is -3.32. The van der Waals surface area contributed by atoms with Crippen molar-refractivity contribution in [1.82, 2.24) is 0 Å². The average molecular weight is 238 g/mol. The Morgan fingerprint density at radius 3 is 2.41 bits per heavy atom. The second-order valence-corrected chi connectivity index (χ2v) is 4.74. The molecule has 1 aliphatic rings. The molecule has 0 spiro atoms. The molecular formula is C14H16F2O. The molecule has 92 valence electrons. The van der Waals surface area contributed by atoms with Crippen LogP contribution in [0.25, 0.3) is 0 Å². The standard InChI is InChI=1S/C14H16F2O/c1-10(17)11-5-7-12(8-6-11)13-4-2-3-9-14(13,15)16/h5-8,13H,2-4,9H2,1H3. The molecule has 1 atom stereocenters. The van der Waals surface area contributed by atoms with Gasteiger partial charge in [-0.05, 0) is 25.3 Å². The van der Waals surface area contributed by atoms with Crippen molar-refractivity contribution in [3.63, 3.8) is 0 Å². The summed E-state index contributed by atoms with van der Waals surface area (Å²) >= 11 is 0. The lowest BCUT2D eigenvalue weighted by molar-refractivity contribution is -0.0547. The van der Waals surface area contributed by atoms with E-state index >= 15 is 0 Å². The largest absolute Gasteiger partial charge is 0.295 e. The fourth-order valence-corrected chi connectivity index (χ4v) is 2.46. The van der Waals surface area contributed by atoms with Gasteiger partial charge in [0.1, 0.15) is 0 Å². The maximum atomic E-state index is 13.7. The fraction of sp³-hybridized carbons (Fsp3) is 0.500. The summed E-state index contributed by atoms with van der Waals surface area (Å²) in [5.41, 5.74) is 1.23. The van der Waals surface area contributed by atoms with Crippen LogP contribution in [0.4, 0.5) is 8.78 Å². The lowest BCUT2D eigenvalue weighted by Crippen LogP contribution is -2.29. The lowest BCUT2D eigenvalue weighted by atomic mass is 9.80. The second kappa shape index (κ2) is 4.55. The molecule has 0 saturated heterocycles. The van der Waals surface area contributed by atoms with Crippen LogP contribution in [0.15, 0.2) is 24.3 Å².